The molecule has 29 heavy (non-hydrogen) atoms. The van der Waals surface area contributed by atoms with E-state index in [1.165, 1.54) is 33.1 Å². The Bertz CT molecular complexity index is 958. The van der Waals surface area contributed by atoms with Gasteiger partial charge in [-0.15, -0.1) is 11.8 Å². The molecule has 2 aromatic heterocycles. The second kappa shape index (κ2) is 9.79. The second-order valence-corrected chi connectivity index (χ2v) is 6.83. The van der Waals surface area contributed by atoms with Gasteiger partial charge in [-0.25, -0.2) is 4.98 Å². The second-order valence-electron chi connectivity index (χ2n) is 5.87. The molecule has 0 saturated carbocycles. The summed E-state index contributed by atoms with van der Waals surface area (Å²) in [6.45, 7) is 0. The first-order chi connectivity index (χ1) is 14.2. The Kier molecular flexibility index (Phi) is 6.91. The normalized spacial score (nSPS) is 10.3. The highest BCUT2D eigenvalue weighted by Crippen LogP contribution is 2.40. The number of hydrogen-bond acceptors (Lipinski definition) is 7. The molecule has 150 valence electrons. The van der Waals surface area contributed by atoms with Crippen LogP contribution in [0, 0.1) is 0 Å². The predicted octanol–water partition coefficient (Wildman–Crippen LogP) is 4.05. The SMILES string of the molecule is COc1cc(NC(=O)c2cccnc2SCc2ccncc2)cc(OC)c1OC. The van der Waals surface area contributed by atoms with Gasteiger partial charge in [-0.1, -0.05) is 0 Å². The van der Waals surface area contributed by atoms with Gasteiger partial charge in [0.15, 0.2) is 11.5 Å². The summed E-state index contributed by atoms with van der Waals surface area (Å²) in [5, 5.41) is 3.53. The summed E-state index contributed by atoms with van der Waals surface area (Å²) in [5.74, 6) is 1.79. The van der Waals surface area contributed by atoms with Crippen molar-refractivity contribution in [1.29, 1.82) is 0 Å². The highest BCUT2D eigenvalue weighted by Gasteiger charge is 2.17. The van der Waals surface area contributed by atoms with Crippen LogP contribution < -0.4 is 19.5 Å². The Labute approximate surface area is 173 Å². The number of carbonyl (C=O) groups excluding carboxylic acids is 1. The molecule has 1 N–H and O–H groups in total. The molecule has 0 aliphatic rings. The number of benzene rings is 1. The average Bonchev–Trinajstić information content (AvgIpc) is 2.77. The van der Waals surface area contributed by atoms with Crippen LogP contribution in [0.25, 0.3) is 0 Å². The zero-order chi connectivity index (χ0) is 20.6. The number of carbonyl (C=O) groups is 1. The fourth-order valence-corrected chi connectivity index (χ4v) is 3.61. The third-order valence-electron chi connectivity index (χ3n) is 4.06. The number of rotatable bonds is 8. The smallest absolute Gasteiger partial charge is 0.258 e. The molecule has 0 fully saturated rings. The van der Waals surface area contributed by atoms with Crippen molar-refractivity contribution in [3.63, 3.8) is 0 Å². The van der Waals surface area contributed by atoms with Gasteiger partial charge in [-0.05, 0) is 29.8 Å². The monoisotopic (exact) mass is 411 g/mol. The Morgan fingerprint density at radius 2 is 1.69 bits per heavy atom. The number of methoxy groups -OCH3 is 3. The highest BCUT2D eigenvalue weighted by molar-refractivity contribution is 7.98. The average molecular weight is 411 g/mol. The zero-order valence-corrected chi connectivity index (χ0v) is 17.2. The minimum Gasteiger partial charge on any atom is -0.493 e. The lowest BCUT2D eigenvalue weighted by Crippen LogP contribution is -2.14. The standard InChI is InChI=1S/C21H21N3O4S/c1-26-17-11-15(12-18(27-2)19(17)28-3)24-20(25)16-5-4-8-23-21(16)29-13-14-6-9-22-10-7-14/h4-12H,13H2,1-3H3,(H,24,25). The van der Waals surface area contributed by atoms with Gasteiger partial charge < -0.3 is 19.5 Å². The lowest BCUT2D eigenvalue weighted by Gasteiger charge is -2.15. The summed E-state index contributed by atoms with van der Waals surface area (Å²) in [6, 6.07) is 10.7. The van der Waals surface area contributed by atoms with Crippen LogP contribution in [0.2, 0.25) is 0 Å². The number of nitrogens with zero attached hydrogens (tertiary/aromatic N) is 2. The molecule has 2 heterocycles. The van der Waals surface area contributed by atoms with Crippen molar-refractivity contribution in [2.24, 2.45) is 0 Å². The molecule has 0 aliphatic carbocycles. The number of thioether (sulfide) groups is 1. The van der Waals surface area contributed by atoms with Gasteiger partial charge in [0.05, 0.1) is 26.9 Å². The van der Waals surface area contributed by atoms with Gasteiger partial charge in [-0.3, -0.25) is 9.78 Å². The molecule has 3 aromatic rings. The molecular formula is C21H21N3O4S. The summed E-state index contributed by atoms with van der Waals surface area (Å²) in [5.41, 5.74) is 2.12. The molecule has 0 radical (unpaired) electrons. The predicted molar refractivity (Wildman–Crippen MR) is 112 cm³/mol. The van der Waals surface area contributed by atoms with Crippen LogP contribution in [0.5, 0.6) is 17.2 Å². The Hall–Kier alpha value is -3.26. The van der Waals surface area contributed by atoms with Crippen molar-refractivity contribution < 1.29 is 19.0 Å². The lowest BCUT2D eigenvalue weighted by molar-refractivity contribution is 0.102. The van der Waals surface area contributed by atoms with Crippen molar-refractivity contribution >= 4 is 23.4 Å². The fourth-order valence-electron chi connectivity index (χ4n) is 2.66. The third kappa shape index (κ3) is 4.97. The van der Waals surface area contributed by atoms with Crippen LogP contribution in [0.3, 0.4) is 0 Å². The molecular weight excluding hydrogens is 390 g/mol. The summed E-state index contributed by atoms with van der Waals surface area (Å²) in [4.78, 5) is 21.3. The van der Waals surface area contributed by atoms with Gasteiger partial charge >= 0.3 is 0 Å². The summed E-state index contributed by atoms with van der Waals surface area (Å²) >= 11 is 1.49. The van der Waals surface area contributed by atoms with E-state index >= 15 is 0 Å². The first-order valence-corrected chi connectivity index (χ1v) is 9.73. The lowest BCUT2D eigenvalue weighted by atomic mass is 10.2. The molecule has 0 unspecified atom stereocenters. The molecule has 0 aliphatic heterocycles. The molecule has 1 aromatic carbocycles. The Morgan fingerprint density at radius 1 is 1.00 bits per heavy atom. The fraction of sp³-hybridized carbons (Fsp3) is 0.190. The summed E-state index contributed by atoms with van der Waals surface area (Å²) in [6.07, 6.45) is 5.16. The molecule has 0 atom stereocenters. The number of hydrogen-bond donors (Lipinski definition) is 1. The van der Waals surface area contributed by atoms with Crippen LogP contribution >= 0.6 is 11.8 Å². The molecule has 8 heteroatoms. The van der Waals surface area contributed by atoms with Crippen LogP contribution in [0.15, 0.2) is 60.0 Å². The van der Waals surface area contributed by atoms with Crippen LogP contribution in [-0.4, -0.2) is 37.2 Å². The first-order valence-electron chi connectivity index (χ1n) is 8.74. The van der Waals surface area contributed by atoms with E-state index in [-0.39, 0.29) is 5.91 Å². The topological polar surface area (TPSA) is 82.6 Å². The number of nitrogens with one attached hydrogen (secondary N) is 1. The number of amides is 1. The van der Waals surface area contributed by atoms with Crippen LogP contribution in [-0.2, 0) is 5.75 Å². The van der Waals surface area contributed by atoms with Gasteiger partial charge in [0.1, 0.15) is 5.03 Å². The van der Waals surface area contributed by atoms with Gasteiger partial charge in [0, 0.05) is 42.2 Å². The minimum absolute atomic E-state index is 0.274. The molecule has 7 nitrogen and oxygen atoms in total. The van der Waals surface area contributed by atoms with E-state index < -0.39 is 0 Å². The maximum Gasteiger partial charge on any atom is 0.258 e. The molecule has 1 amide bonds. The summed E-state index contributed by atoms with van der Waals surface area (Å²) in [7, 11) is 4.58. The van der Waals surface area contributed by atoms with E-state index in [1.807, 2.05) is 12.1 Å². The molecule has 0 spiro atoms. The van der Waals surface area contributed by atoms with Crippen LogP contribution in [0.4, 0.5) is 5.69 Å². The number of anilines is 1. The molecule has 0 bridgehead atoms. The quantitative estimate of drug-likeness (QED) is 0.560. The minimum atomic E-state index is -0.274. The van der Waals surface area contributed by atoms with Gasteiger partial charge in [0.25, 0.3) is 5.91 Å². The van der Waals surface area contributed by atoms with E-state index in [2.05, 4.69) is 15.3 Å². The first kappa shape index (κ1) is 20.5. The van der Waals surface area contributed by atoms with Crippen molar-refractivity contribution in [1.82, 2.24) is 9.97 Å². The highest BCUT2D eigenvalue weighted by atomic mass is 32.2. The number of aromatic nitrogens is 2. The van der Waals surface area contributed by atoms with Gasteiger partial charge in [0.2, 0.25) is 5.75 Å². The van der Waals surface area contributed by atoms with E-state index in [0.29, 0.717) is 39.3 Å². The van der Waals surface area contributed by atoms with Crippen molar-refractivity contribution in [2.75, 3.05) is 26.6 Å². The maximum absolute atomic E-state index is 12.9. The largest absolute Gasteiger partial charge is 0.493 e. The Balaban J connectivity index is 1.81. The van der Waals surface area contributed by atoms with Crippen molar-refractivity contribution in [2.45, 2.75) is 10.8 Å². The van der Waals surface area contributed by atoms with Crippen molar-refractivity contribution in [3.8, 4) is 17.2 Å². The van der Waals surface area contributed by atoms with Crippen LogP contribution in [0.1, 0.15) is 15.9 Å². The Morgan fingerprint density at radius 3 is 2.31 bits per heavy atom. The molecule has 0 saturated heterocycles. The van der Waals surface area contributed by atoms with E-state index in [4.69, 9.17) is 14.2 Å². The van der Waals surface area contributed by atoms with E-state index in [1.54, 1.807) is 42.9 Å². The third-order valence-corrected chi connectivity index (χ3v) is 5.14. The van der Waals surface area contributed by atoms with Crippen molar-refractivity contribution in [3.05, 3.63) is 66.1 Å². The molecule has 3 rings (SSSR count). The van der Waals surface area contributed by atoms with Gasteiger partial charge in [-0.2, -0.15) is 0 Å². The number of ether oxygens (including phenoxy) is 3. The van der Waals surface area contributed by atoms with E-state index in [9.17, 15) is 4.79 Å². The van der Waals surface area contributed by atoms with E-state index in [0.717, 1.165) is 5.56 Å². The zero-order valence-electron chi connectivity index (χ0n) is 16.3. The maximum atomic E-state index is 12.9. The number of pyridine rings is 2. The summed E-state index contributed by atoms with van der Waals surface area (Å²) < 4.78 is 16.0.